The smallest absolute Gasteiger partial charge is 0.158 e. The van der Waals surface area contributed by atoms with Gasteiger partial charge >= 0.3 is 0 Å². The Morgan fingerprint density at radius 3 is 2.52 bits per heavy atom. The second-order valence-electron chi connectivity index (χ2n) is 4.77. The molecular weight excluding hydrogens is 258 g/mol. The van der Waals surface area contributed by atoms with Crippen LogP contribution in [0.1, 0.15) is 27.7 Å². The first-order valence-electron chi connectivity index (χ1n) is 7.55. The number of furan rings is 1. The number of nitrogens with one attached hydrogen (secondary N) is 1. The Labute approximate surface area is 126 Å². The summed E-state index contributed by atoms with van der Waals surface area (Å²) in [4.78, 5) is 0. The normalized spacial score (nSPS) is 11.3. The van der Waals surface area contributed by atoms with Gasteiger partial charge in [0.25, 0.3) is 0 Å². The van der Waals surface area contributed by atoms with Crippen LogP contribution in [-0.2, 0) is 0 Å². The van der Waals surface area contributed by atoms with Gasteiger partial charge in [0, 0.05) is 17.3 Å². The molecule has 0 fully saturated rings. The molecule has 1 aromatic heterocycles. The summed E-state index contributed by atoms with van der Waals surface area (Å²) in [6.07, 6.45) is 2.12. The largest absolute Gasteiger partial charge is 0.454 e. The van der Waals surface area contributed by atoms with E-state index in [9.17, 15) is 0 Å². The van der Waals surface area contributed by atoms with Gasteiger partial charge in [-0.1, -0.05) is 55.8 Å². The van der Waals surface area contributed by atoms with Gasteiger partial charge in [-0.2, -0.15) is 0 Å². The first kappa shape index (κ1) is 15.2. The van der Waals surface area contributed by atoms with Crippen molar-refractivity contribution in [3.63, 3.8) is 0 Å². The summed E-state index contributed by atoms with van der Waals surface area (Å²) in [5.74, 6) is 0. The molecule has 0 saturated carbocycles. The third-order valence-corrected chi connectivity index (χ3v) is 3.45. The van der Waals surface area contributed by atoms with E-state index in [1.54, 1.807) is 0 Å². The summed E-state index contributed by atoms with van der Waals surface area (Å²) < 4.78 is 5.97. The minimum atomic E-state index is 0.840. The summed E-state index contributed by atoms with van der Waals surface area (Å²) in [6, 6.07) is 14.4. The second-order valence-corrected chi connectivity index (χ2v) is 4.77. The summed E-state index contributed by atoms with van der Waals surface area (Å²) in [7, 11) is 0. The van der Waals surface area contributed by atoms with Crippen LogP contribution in [0.25, 0.3) is 21.9 Å². The standard InChI is InChI=1S/C17H17NO.C2H6/c1-3-12(2)11-18-15-9-6-8-14-13-7-4-5-10-16(13)19-17(14)15;1-2/h3-10,18H,11H2,1-2H3;1-2H3/b12-3-;. The van der Waals surface area contributed by atoms with Crippen LogP contribution >= 0.6 is 0 Å². The van der Waals surface area contributed by atoms with E-state index < -0.39 is 0 Å². The Bertz CT molecular complexity index is 752. The molecule has 1 N–H and O–H groups in total. The number of fused-ring (bicyclic) bond motifs is 3. The number of hydrogen-bond donors (Lipinski definition) is 1. The third kappa shape index (κ3) is 3.10. The predicted octanol–water partition coefficient (Wildman–Crippen LogP) is 5.99. The summed E-state index contributed by atoms with van der Waals surface area (Å²) in [6.45, 7) is 9.01. The van der Waals surface area contributed by atoms with Crippen molar-refractivity contribution in [1.29, 1.82) is 0 Å². The van der Waals surface area contributed by atoms with E-state index in [1.807, 2.05) is 32.0 Å². The Balaban J connectivity index is 0.000000774. The number of benzene rings is 2. The maximum Gasteiger partial charge on any atom is 0.158 e. The van der Waals surface area contributed by atoms with Gasteiger partial charge in [0.05, 0.1) is 5.69 Å². The average Bonchev–Trinajstić information content (AvgIpc) is 2.93. The lowest BCUT2D eigenvalue weighted by Crippen LogP contribution is -2.02. The zero-order chi connectivity index (χ0) is 15.2. The van der Waals surface area contributed by atoms with Gasteiger partial charge in [-0.25, -0.2) is 0 Å². The molecule has 2 aromatic carbocycles. The van der Waals surface area contributed by atoms with Crippen LogP contribution in [0, 0.1) is 0 Å². The molecule has 0 radical (unpaired) electrons. The lowest BCUT2D eigenvalue weighted by molar-refractivity contribution is 0.670. The van der Waals surface area contributed by atoms with Gasteiger partial charge in [-0.05, 0) is 26.0 Å². The van der Waals surface area contributed by atoms with Gasteiger partial charge in [0.2, 0.25) is 0 Å². The van der Waals surface area contributed by atoms with Crippen molar-refractivity contribution in [2.75, 3.05) is 11.9 Å². The van der Waals surface area contributed by atoms with E-state index in [0.717, 1.165) is 23.4 Å². The molecule has 0 aliphatic rings. The van der Waals surface area contributed by atoms with Crippen molar-refractivity contribution in [3.8, 4) is 0 Å². The molecule has 0 aliphatic carbocycles. The quantitative estimate of drug-likeness (QED) is 0.596. The average molecular weight is 281 g/mol. The first-order valence-corrected chi connectivity index (χ1v) is 7.55. The molecule has 3 aromatic rings. The van der Waals surface area contributed by atoms with Crippen LogP contribution in [0.3, 0.4) is 0 Å². The van der Waals surface area contributed by atoms with Gasteiger partial charge < -0.3 is 9.73 Å². The van der Waals surface area contributed by atoms with E-state index in [1.165, 1.54) is 16.3 Å². The highest BCUT2D eigenvalue weighted by Crippen LogP contribution is 2.33. The molecule has 0 spiro atoms. The van der Waals surface area contributed by atoms with E-state index in [0.29, 0.717) is 0 Å². The molecule has 0 bridgehead atoms. The van der Waals surface area contributed by atoms with Gasteiger partial charge in [-0.3, -0.25) is 0 Å². The zero-order valence-corrected chi connectivity index (χ0v) is 13.2. The van der Waals surface area contributed by atoms with Crippen LogP contribution in [-0.4, -0.2) is 6.54 Å². The fraction of sp³-hybridized carbons (Fsp3) is 0.263. The van der Waals surface area contributed by atoms with Crippen molar-refractivity contribution < 1.29 is 4.42 Å². The highest BCUT2D eigenvalue weighted by molar-refractivity contribution is 6.08. The molecule has 0 amide bonds. The summed E-state index contributed by atoms with van der Waals surface area (Å²) >= 11 is 0. The number of anilines is 1. The number of rotatable bonds is 3. The van der Waals surface area contributed by atoms with E-state index in [-0.39, 0.29) is 0 Å². The fourth-order valence-electron chi connectivity index (χ4n) is 2.22. The maximum absolute atomic E-state index is 5.97. The van der Waals surface area contributed by atoms with Crippen molar-refractivity contribution in [3.05, 3.63) is 54.1 Å². The third-order valence-electron chi connectivity index (χ3n) is 3.45. The molecule has 3 rings (SSSR count). The van der Waals surface area contributed by atoms with Gasteiger partial charge in [0.15, 0.2) is 5.58 Å². The highest BCUT2D eigenvalue weighted by Gasteiger charge is 2.09. The van der Waals surface area contributed by atoms with Crippen molar-refractivity contribution in [2.45, 2.75) is 27.7 Å². The summed E-state index contributed by atoms with van der Waals surface area (Å²) in [5.41, 5.74) is 4.24. The molecule has 21 heavy (non-hydrogen) atoms. The zero-order valence-electron chi connectivity index (χ0n) is 13.2. The minimum absolute atomic E-state index is 0.840. The lowest BCUT2D eigenvalue weighted by Gasteiger charge is -2.06. The fourth-order valence-corrected chi connectivity index (χ4v) is 2.22. The molecule has 0 atom stereocenters. The molecule has 2 nitrogen and oxygen atoms in total. The van der Waals surface area contributed by atoms with E-state index in [4.69, 9.17) is 4.42 Å². The van der Waals surface area contributed by atoms with E-state index in [2.05, 4.69) is 49.5 Å². The molecule has 1 heterocycles. The topological polar surface area (TPSA) is 25.2 Å². The van der Waals surface area contributed by atoms with Crippen LogP contribution in [0.2, 0.25) is 0 Å². The van der Waals surface area contributed by atoms with Crippen LogP contribution in [0.15, 0.2) is 58.5 Å². The lowest BCUT2D eigenvalue weighted by atomic mass is 10.1. The van der Waals surface area contributed by atoms with Crippen molar-refractivity contribution in [2.24, 2.45) is 0 Å². The Hall–Kier alpha value is -2.22. The molecular formula is C19H23NO. The van der Waals surface area contributed by atoms with Gasteiger partial charge in [-0.15, -0.1) is 0 Å². The molecule has 110 valence electrons. The summed E-state index contributed by atoms with van der Waals surface area (Å²) in [5, 5.41) is 5.77. The molecule has 0 unspecified atom stereocenters. The van der Waals surface area contributed by atoms with Crippen LogP contribution in [0.5, 0.6) is 0 Å². The Kier molecular flexibility index (Phi) is 5.04. The van der Waals surface area contributed by atoms with Crippen LogP contribution in [0.4, 0.5) is 5.69 Å². The molecule has 2 heteroatoms. The monoisotopic (exact) mass is 281 g/mol. The minimum Gasteiger partial charge on any atom is -0.454 e. The maximum atomic E-state index is 5.97. The Morgan fingerprint density at radius 2 is 1.76 bits per heavy atom. The second kappa shape index (κ2) is 6.98. The highest BCUT2D eigenvalue weighted by atomic mass is 16.3. The molecule has 0 aliphatic heterocycles. The number of allylic oxidation sites excluding steroid dienone is 1. The number of para-hydroxylation sites is 2. The van der Waals surface area contributed by atoms with Crippen molar-refractivity contribution >= 4 is 27.6 Å². The van der Waals surface area contributed by atoms with Crippen LogP contribution < -0.4 is 5.32 Å². The van der Waals surface area contributed by atoms with Gasteiger partial charge in [0.1, 0.15) is 5.58 Å². The Morgan fingerprint density at radius 1 is 1.05 bits per heavy atom. The van der Waals surface area contributed by atoms with Crippen molar-refractivity contribution in [1.82, 2.24) is 0 Å². The van der Waals surface area contributed by atoms with E-state index >= 15 is 0 Å². The molecule has 0 saturated heterocycles. The number of hydrogen-bond acceptors (Lipinski definition) is 2. The SMILES string of the molecule is C/C=C(/C)CNc1cccc2c1oc1ccccc12.CC. The predicted molar refractivity (Wildman–Crippen MR) is 93.0 cm³/mol. The first-order chi connectivity index (χ1) is 10.3.